The second-order valence-corrected chi connectivity index (χ2v) is 6.09. The van der Waals surface area contributed by atoms with Crippen LogP contribution in [0.3, 0.4) is 0 Å². The predicted molar refractivity (Wildman–Crippen MR) is 69.1 cm³/mol. The molecule has 5 N–H and O–H groups in total. The summed E-state index contributed by atoms with van der Waals surface area (Å²) in [6.45, 7) is 3.64. The van der Waals surface area contributed by atoms with Gasteiger partial charge in [0.2, 0.25) is 5.91 Å². The molecule has 0 saturated carbocycles. The van der Waals surface area contributed by atoms with Crippen molar-refractivity contribution in [3.05, 3.63) is 0 Å². The zero-order valence-electron chi connectivity index (χ0n) is 9.88. The minimum absolute atomic E-state index is 0.0298. The molecule has 0 aliphatic rings. The minimum atomic E-state index is -2.17. The number of hydrogen-bond acceptors (Lipinski definition) is 5. The molecule has 0 aliphatic carbocycles. The molecule has 7 heteroatoms. The van der Waals surface area contributed by atoms with Crippen molar-refractivity contribution in [3.8, 4) is 0 Å². The molecule has 0 aliphatic heterocycles. The normalized spacial score (nSPS) is 15.2. The Balaban J connectivity index is 4.18. The van der Waals surface area contributed by atoms with Gasteiger partial charge < -0.3 is 20.8 Å². The van der Waals surface area contributed by atoms with Crippen LogP contribution in [0.1, 0.15) is 20.3 Å². The Morgan fingerprint density at radius 2 is 2.06 bits per heavy atom. The van der Waals surface area contributed by atoms with Gasteiger partial charge in [-0.15, -0.1) is 0 Å². The van der Waals surface area contributed by atoms with E-state index in [1.165, 1.54) is 0 Å². The standard InChI is InChI=1S/C9H21N2O3PS/c1-6(2)9(15(13)14)11-8(12)7(10)4-5-16-3/h6-7,9,13-14H,4-5,10H2,1-3H3,(H,11,12)/t7-,9?/m0/s1. The molecule has 0 radical (unpaired) electrons. The molecule has 1 amide bonds. The monoisotopic (exact) mass is 268 g/mol. The van der Waals surface area contributed by atoms with Crippen molar-refractivity contribution in [1.29, 1.82) is 0 Å². The molecular weight excluding hydrogens is 247 g/mol. The van der Waals surface area contributed by atoms with Gasteiger partial charge in [-0.1, -0.05) is 13.8 Å². The number of carbonyl (C=O) groups excluding carboxylic acids is 1. The van der Waals surface area contributed by atoms with E-state index in [1.54, 1.807) is 11.8 Å². The Bertz CT molecular complexity index is 209. The van der Waals surface area contributed by atoms with Crippen LogP contribution in [-0.2, 0) is 4.79 Å². The zero-order chi connectivity index (χ0) is 12.7. The van der Waals surface area contributed by atoms with E-state index in [4.69, 9.17) is 15.5 Å². The third-order valence-corrected chi connectivity index (χ3v) is 4.01. The molecule has 0 spiro atoms. The number of rotatable bonds is 7. The topological polar surface area (TPSA) is 95.6 Å². The maximum atomic E-state index is 11.6. The third kappa shape index (κ3) is 6.01. The number of carbonyl (C=O) groups is 1. The van der Waals surface area contributed by atoms with Crippen molar-refractivity contribution in [1.82, 2.24) is 5.32 Å². The van der Waals surface area contributed by atoms with Crippen molar-refractivity contribution in [2.45, 2.75) is 32.1 Å². The highest BCUT2D eigenvalue weighted by Crippen LogP contribution is 2.33. The molecular formula is C9H21N2O3PS. The third-order valence-electron chi connectivity index (χ3n) is 2.14. The highest BCUT2D eigenvalue weighted by Gasteiger charge is 2.25. The van der Waals surface area contributed by atoms with Crippen molar-refractivity contribution in [2.24, 2.45) is 11.7 Å². The molecule has 0 saturated heterocycles. The lowest BCUT2D eigenvalue weighted by Gasteiger charge is -2.24. The van der Waals surface area contributed by atoms with Crippen LogP contribution in [0, 0.1) is 5.92 Å². The van der Waals surface area contributed by atoms with Gasteiger partial charge in [-0.05, 0) is 24.3 Å². The summed E-state index contributed by atoms with van der Waals surface area (Å²) < 4.78 is 0. The summed E-state index contributed by atoms with van der Waals surface area (Å²) in [6.07, 6.45) is 2.54. The summed E-state index contributed by atoms with van der Waals surface area (Å²) >= 11 is 1.62. The van der Waals surface area contributed by atoms with Gasteiger partial charge >= 0.3 is 0 Å². The van der Waals surface area contributed by atoms with Crippen molar-refractivity contribution in [3.63, 3.8) is 0 Å². The SMILES string of the molecule is CSCC[C@H](N)C(=O)NC(C(C)C)P(O)O. The quantitative estimate of drug-likeness (QED) is 0.503. The number of thioether (sulfide) groups is 1. The first kappa shape index (κ1) is 16.1. The van der Waals surface area contributed by atoms with E-state index in [0.29, 0.717) is 6.42 Å². The van der Waals surface area contributed by atoms with E-state index in [0.717, 1.165) is 5.75 Å². The molecule has 0 aromatic rings. The molecule has 0 rings (SSSR count). The molecule has 5 nitrogen and oxygen atoms in total. The maximum absolute atomic E-state index is 11.6. The molecule has 96 valence electrons. The molecule has 0 aromatic heterocycles. The fraction of sp³-hybridized carbons (Fsp3) is 0.889. The van der Waals surface area contributed by atoms with E-state index in [9.17, 15) is 4.79 Å². The summed E-state index contributed by atoms with van der Waals surface area (Å²) in [4.78, 5) is 29.9. The number of nitrogens with one attached hydrogen (secondary N) is 1. The summed E-state index contributed by atoms with van der Waals surface area (Å²) in [5.41, 5.74) is 5.67. The predicted octanol–water partition coefficient (Wildman–Crippen LogP) is 0.462. The van der Waals surface area contributed by atoms with Gasteiger partial charge in [-0.25, -0.2) is 0 Å². The average molecular weight is 268 g/mol. The lowest BCUT2D eigenvalue weighted by atomic mass is 10.2. The minimum Gasteiger partial charge on any atom is -0.349 e. The Kier molecular flexibility index (Phi) is 8.32. The Hall–Kier alpha value is 0.130. The fourth-order valence-corrected chi connectivity index (χ4v) is 2.39. The lowest BCUT2D eigenvalue weighted by molar-refractivity contribution is -0.122. The number of hydrogen-bond donors (Lipinski definition) is 4. The van der Waals surface area contributed by atoms with Crippen molar-refractivity contribution < 1.29 is 14.6 Å². The van der Waals surface area contributed by atoms with Gasteiger partial charge in [0.25, 0.3) is 0 Å². The first-order chi connectivity index (χ1) is 7.40. The second-order valence-electron chi connectivity index (χ2n) is 3.91. The smallest absolute Gasteiger partial charge is 0.237 e. The van der Waals surface area contributed by atoms with E-state index in [1.807, 2.05) is 20.1 Å². The molecule has 0 bridgehead atoms. The molecule has 2 atom stereocenters. The summed E-state index contributed by atoms with van der Waals surface area (Å²) in [6, 6.07) is -0.580. The molecule has 16 heavy (non-hydrogen) atoms. The van der Waals surface area contributed by atoms with Gasteiger partial charge in [0.1, 0.15) is 5.78 Å². The number of amides is 1. The first-order valence-electron chi connectivity index (χ1n) is 5.12. The number of nitrogens with two attached hydrogens (primary N) is 1. The fourth-order valence-electron chi connectivity index (χ4n) is 1.12. The van der Waals surface area contributed by atoms with Crippen LogP contribution in [-0.4, -0.2) is 39.5 Å². The van der Waals surface area contributed by atoms with Gasteiger partial charge in [0.05, 0.1) is 6.04 Å². The Morgan fingerprint density at radius 3 is 2.44 bits per heavy atom. The van der Waals surface area contributed by atoms with Crippen LogP contribution in [0.2, 0.25) is 0 Å². The van der Waals surface area contributed by atoms with Crippen molar-refractivity contribution in [2.75, 3.05) is 12.0 Å². The van der Waals surface area contributed by atoms with E-state index >= 15 is 0 Å². The van der Waals surface area contributed by atoms with Gasteiger partial charge in [0.15, 0.2) is 8.38 Å². The molecule has 0 heterocycles. The molecule has 0 aromatic carbocycles. The van der Waals surface area contributed by atoms with E-state index in [-0.39, 0.29) is 11.8 Å². The Labute approximate surface area is 102 Å². The largest absolute Gasteiger partial charge is 0.349 e. The van der Waals surface area contributed by atoms with Crippen LogP contribution < -0.4 is 11.1 Å². The zero-order valence-corrected chi connectivity index (χ0v) is 11.6. The van der Waals surface area contributed by atoms with Gasteiger partial charge in [0, 0.05) is 0 Å². The second kappa shape index (κ2) is 8.25. The van der Waals surface area contributed by atoms with Crippen LogP contribution in [0.4, 0.5) is 0 Å². The van der Waals surface area contributed by atoms with Crippen LogP contribution in [0.25, 0.3) is 0 Å². The lowest BCUT2D eigenvalue weighted by Crippen LogP contribution is -2.46. The highest BCUT2D eigenvalue weighted by atomic mass is 32.2. The van der Waals surface area contributed by atoms with Crippen LogP contribution >= 0.6 is 20.1 Å². The maximum Gasteiger partial charge on any atom is 0.237 e. The van der Waals surface area contributed by atoms with Crippen LogP contribution in [0.5, 0.6) is 0 Å². The van der Waals surface area contributed by atoms with E-state index < -0.39 is 20.2 Å². The first-order valence-corrected chi connectivity index (χ1v) is 7.83. The summed E-state index contributed by atoms with van der Waals surface area (Å²) in [5.74, 6) is -0.141. The summed E-state index contributed by atoms with van der Waals surface area (Å²) in [7, 11) is -2.17. The van der Waals surface area contributed by atoms with Gasteiger partial charge in [-0.2, -0.15) is 11.8 Å². The molecule has 0 fully saturated rings. The Morgan fingerprint density at radius 1 is 1.50 bits per heavy atom. The van der Waals surface area contributed by atoms with E-state index in [2.05, 4.69) is 5.32 Å². The molecule has 1 unspecified atom stereocenters. The highest BCUT2D eigenvalue weighted by molar-refractivity contribution is 7.98. The van der Waals surface area contributed by atoms with Crippen molar-refractivity contribution >= 4 is 26.0 Å². The van der Waals surface area contributed by atoms with Gasteiger partial charge in [-0.3, -0.25) is 4.79 Å². The average Bonchev–Trinajstić information content (AvgIpc) is 2.20. The summed E-state index contributed by atoms with van der Waals surface area (Å²) in [5, 5.41) is 2.58. The van der Waals surface area contributed by atoms with Crippen LogP contribution in [0.15, 0.2) is 0 Å².